The van der Waals surface area contributed by atoms with Crippen LogP contribution >= 0.6 is 0 Å². The highest BCUT2D eigenvalue weighted by Crippen LogP contribution is 2.10. The van der Waals surface area contributed by atoms with Crippen molar-refractivity contribution in [3.8, 4) is 0 Å². The number of hydrogen-bond donors (Lipinski definition) is 0. The topological polar surface area (TPSA) is 50.6 Å². The third-order valence-electron chi connectivity index (χ3n) is 4.62. The summed E-state index contributed by atoms with van der Waals surface area (Å²) in [6.45, 7) is 11.3. The van der Waals surface area contributed by atoms with Crippen molar-refractivity contribution in [2.75, 3.05) is 39.9 Å². The van der Waals surface area contributed by atoms with E-state index in [4.69, 9.17) is 4.74 Å². The van der Waals surface area contributed by atoms with Crippen molar-refractivity contribution in [3.63, 3.8) is 0 Å². The molecule has 0 saturated carbocycles. The summed E-state index contributed by atoms with van der Waals surface area (Å²) in [4.78, 5) is 16.5. The minimum Gasteiger partial charge on any atom is -0.379 e. The third-order valence-corrected chi connectivity index (χ3v) is 4.62. The number of aryl methyl sites for hydroxylation is 2. The Kier molecular flexibility index (Phi) is 6.59. The fourth-order valence-electron chi connectivity index (χ4n) is 2.99. The molecule has 0 radical (unpaired) electrons. The van der Waals surface area contributed by atoms with Gasteiger partial charge in [0.05, 0.1) is 25.5 Å². The molecule has 2 rings (SSSR count). The van der Waals surface area contributed by atoms with Crippen LogP contribution in [0.3, 0.4) is 0 Å². The Bertz CT molecular complexity index is 509. The van der Waals surface area contributed by atoms with E-state index in [-0.39, 0.29) is 5.91 Å². The number of morpholine rings is 1. The number of rotatable bonds is 7. The van der Waals surface area contributed by atoms with E-state index in [1.165, 1.54) is 0 Å². The fraction of sp³-hybridized carbons (Fsp3) is 0.765. The van der Waals surface area contributed by atoms with Crippen LogP contribution in [0.15, 0.2) is 6.07 Å². The molecule has 1 saturated heterocycles. The lowest BCUT2D eigenvalue weighted by molar-refractivity contribution is -0.130. The summed E-state index contributed by atoms with van der Waals surface area (Å²) in [5, 5.41) is 4.44. The number of likely N-dealkylation sites (N-methyl/N-ethyl adjacent to an activating group) is 1. The van der Waals surface area contributed by atoms with Gasteiger partial charge in [-0.25, -0.2) is 0 Å². The summed E-state index contributed by atoms with van der Waals surface area (Å²) in [5.41, 5.74) is 2.17. The molecule has 1 aromatic heterocycles. The normalized spacial score (nSPS) is 17.2. The SMILES string of the molecule is Cc1cc(C)n(CCN(C)C(=O)CCC(C)N2CCOCC2)n1. The molecule has 0 aliphatic carbocycles. The predicted octanol–water partition coefficient (Wildman–Crippen LogP) is 1.46. The van der Waals surface area contributed by atoms with Crippen LogP contribution in [0.5, 0.6) is 0 Å². The molecule has 0 aromatic carbocycles. The van der Waals surface area contributed by atoms with Crippen LogP contribution in [0, 0.1) is 13.8 Å². The molecule has 0 bridgehead atoms. The van der Waals surface area contributed by atoms with Gasteiger partial charge in [0, 0.05) is 44.8 Å². The van der Waals surface area contributed by atoms with Gasteiger partial charge in [0.1, 0.15) is 0 Å². The number of hydrogen-bond acceptors (Lipinski definition) is 4. The van der Waals surface area contributed by atoms with Crippen molar-refractivity contribution in [2.24, 2.45) is 0 Å². The summed E-state index contributed by atoms with van der Waals surface area (Å²) in [5.74, 6) is 0.214. The summed E-state index contributed by atoms with van der Waals surface area (Å²) in [6.07, 6.45) is 1.51. The molecule has 1 aliphatic rings. The molecule has 1 atom stereocenters. The van der Waals surface area contributed by atoms with Crippen molar-refractivity contribution in [2.45, 2.75) is 46.2 Å². The fourth-order valence-corrected chi connectivity index (χ4v) is 2.99. The molecule has 6 nitrogen and oxygen atoms in total. The van der Waals surface area contributed by atoms with Gasteiger partial charge in [-0.05, 0) is 33.3 Å². The molecule has 1 aliphatic heterocycles. The van der Waals surface area contributed by atoms with E-state index in [1.54, 1.807) is 0 Å². The first kappa shape index (κ1) is 17.9. The quantitative estimate of drug-likeness (QED) is 0.763. The summed E-state index contributed by atoms with van der Waals surface area (Å²) < 4.78 is 7.34. The maximum absolute atomic E-state index is 12.3. The van der Waals surface area contributed by atoms with Crippen LogP contribution in [0.1, 0.15) is 31.2 Å². The number of nitrogens with zero attached hydrogens (tertiary/aromatic N) is 4. The summed E-state index contributed by atoms with van der Waals surface area (Å²) in [6, 6.07) is 2.50. The lowest BCUT2D eigenvalue weighted by Crippen LogP contribution is -2.42. The van der Waals surface area contributed by atoms with Crippen LogP contribution in [0.4, 0.5) is 0 Å². The maximum atomic E-state index is 12.3. The van der Waals surface area contributed by atoms with Crippen molar-refractivity contribution in [1.29, 1.82) is 0 Å². The van der Waals surface area contributed by atoms with Gasteiger partial charge >= 0.3 is 0 Å². The number of carbonyl (C=O) groups is 1. The first-order valence-corrected chi connectivity index (χ1v) is 8.54. The Hall–Kier alpha value is -1.40. The molecular weight excluding hydrogens is 292 g/mol. The van der Waals surface area contributed by atoms with E-state index in [9.17, 15) is 4.79 Å². The molecule has 2 heterocycles. The number of carbonyl (C=O) groups excluding carboxylic acids is 1. The molecular formula is C17H30N4O2. The van der Waals surface area contributed by atoms with Crippen LogP contribution in [-0.4, -0.2) is 71.4 Å². The average molecular weight is 322 g/mol. The molecule has 1 unspecified atom stereocenters. The minimum absolute atomic E-state index is 0.214. The van der Waals surface area contributed by atoms with Crippen molar-refractivity contribution in [3.05, 3.63) is 17.5 Å². The van der Waals surface area contributed by atoms with Gasteiger partial charge < -0.3 is 9.64 Å². The van der Waals surface area contributed by atoms with Gasteiger partial charge in [-0.1, -0.05) is 0 Å². The van der Waals surface area contributed by atoms with Gasteiger partial charge in [-0.2, -0.15) is 5.10 Å². The van der Waals surface area contributed by atoms with Crippen LogP contribution in [0.2, 0.25) is 0 Å². The second kappa shape index (κ2) is 8.45. The molecule has 6 heteroatoms. The average Bonchev–Trinajstić information content (AvgIpc) is 2.88. The zero-order valence-corrected chi connectivity index (χ0v) is 14.9. The Morgan fingerprint density at radius 1 is 1.39 bits per heavy atom. The molecule has 23 heavy (non-hydrogen) atoms. The first-order chi connectivity index (χ1) is 11.0. The highest BCUT2D eigenvalue weighted by molar-refractivity contribution is 5.75. The number of ether oxygens (including phenoxy) is 1. The Morgan fingerprint density at radius 3 is 2.70 bits per heavy atom. The second-order valence-electron chi connectivity index (χ2n) is 6.50. The lowest BCUT2D eigenvalue weighted by atomic mass is 10.1. The van der Waals surface area contributed by atoms with E-state index in [0.717, 1.165) is 50.7 Å². The monoisotopic (exact) mass is 322 g/mol. The van der Waals surface area contributed by atoms with E-state index in [1.807, 2.05) is 30.5 Å². The Labute approximate surface area is 139 Å². The van der Waals surface area contributed by atoms with Crippen LogP contribution in [0.25, 0.3) is 0 Å². The summed E-state index contributed by atoms with van der Waals surface area (Å²) >= 11 is 0. The van der Waals surface area contributed by atoms with E-state index >= 15 is 0 Å². The molecule has 0 N–H and O–H groups in total. The van der Waals surface area contributed by atoms with E-state index < -0.39 is 0 Å². The highest BCUT2D eigenvalue weighted by atomic mass is 16.5. The largest absolute Gasteiger partial charge is 0.379 e. The number of aromatic nitrogens is 2. The van der Waals surface area contributed by atoms with Crippen LogP contribution in [-0.2, 0) is 16.1 Å². The zero-order valence-electron chi connectivity index (χ0n) is 14.9. The molecule has 130 valence electrons. The van der Waals surface area contributed by atoms with Crippen molar-refractivity contribution >= 4 is 5.91 Å². The highest BCUT2D eigenvalue weighted by Gasteiger charge is 2.18. The lowest BCUT2D eigenvalue weighted by Gasteiger charge is -2.32. The van der Waals surface area contributed by atoms with Gasteiger partial charge in [0.2, 0.25) is 5.91 Å². The van der Waals surface area contributed by atoms with Crippen LogP contribution < -0.4 is 0 Å². The standard InChI is InChI=1S/C17H30N4O2/c1-14-13-16(3)21(18-14)8-7-19(4)17(22)6-5-15(2)20-9-11-23-12-10-20/h13,15H,5-12H2,1-4H3. The van der Waals surface area contributed by atoms with Crippen molar-refractivity contribution < 1.29 is 9.53 Å². The predicted molar refractivity (Wildman–Crippen MR) is 90.4 cm³/mol. The zero-order chi connectivity index (χ0) is 16.8. The van der Waals surface area contributed by atoms with E-state index in [0.29, 0.717) is 19.0 Å². The number of amides is 1. The molecule has 1 fully saturated rings. The molecule has 1 amide bonds. The van der Waals surface area contributed by atoms with Gasteiger partial charge in [0.25, 0.3) is 0 Å². The summed E-state index contributed by atoms with van der Waals surface area (Å²) in [7, 11) is 1.88. The van der Waals surface area contributed by atoms with E-state index in [2.05, 4.69) is 23.0 Å². The molecule has 1 aromatic rings. The maximum Gasteiger partial charge on any atom is 0.222 e. The minimum atomic E-state index is 0.214. The van der Waals surface area contributed by atoms with Crippen molar-refractivity contribution in [1.82, 2.24) is 19.6 Å². The Balaban J connectivity index is 1.70. The van der Waals surface area contributed by atoms with Gasteiger partial charge in [-0.3, -0.25) is 14.4 Å². The second-order valence-corrected chi connectivity index (χ2v) is 6.50. The Morgan fingerprint density at radius 2 is 2.09 bits per heavy atom. The molecule has 0 spiro atoms. The third kappa shape index (κ3) is 5.32. The van der Waals surface area contributed by atoms with Gasteiger partial charge in [-0.15, -0.1) is 0 Å². The smallest absolute Gasteiger partial charge is 0.222 e. The first-order valence-electron chi connectivity index (χ1n) is 8.54. The van der Waals surface area contributed by atoms with Gasteiger partial charge in [0.15, 0.2) is 0 Å².